The summed E-state index contributed by atoms with van der Waals surface area (Å²) in [5.74, 6) is -2.71. The van der Waals surface area contributed by atoms with Crippen molar-refractivity contribution in [2.45, 2.75) is 36.1 Å². The van der Waals surface area contributed by atoms with E-state index in [1.807, 2.05) is 24.3 Å². The number of Topliss-reactive ketones (excluding diaryl/α,β-unsaturated/α-hetero) is 1. The fourth-order valence-electron chi connectivity index (χ4n) is 3.82. The summed E-state index contributed by atoms with van der Waals surface area (Å²) in [4.78, 5) is 38.0. The molecular weight excluding hydrogens is 464 g/mol. The molecule has 0 aromatic heterocycles. The van der Waals surface area contributed by atoms with Crippen molar-refractivity contribution in [3.05, 3.63) is 102 Å². The first-order valence-corrected chi connectivity index (χ1v) is 11.6. The molecule has 0 bridgehead atoms. The fourth-order valence-corrected chi connectivity index (χ4v) is 4.10. The zero-order valence-electron chi connectivity index (χ0n) is 19.0. The van der Waals surface area contributed by atoms with Crippen LogP contribution in [0.1, 0.15) is 34.3 Å². The maximum Gasteiger partial charge on any atom is 0.326 e. The number of nitrogens with two attached hydrogens (primary N) is 1. The summed E-state index contributed by atoms with van der Waals surface area (Å²) in [6, 6.07) is 21.7. The summed E-state index contributed by atoms with van der Waals surface area (Å²) >= 11 is 4.48. The summed E-state index contributed by atoms with van der Waals surface area (Å²) < 4.78 is 0. The van der Waals surface area contributed by atoms with Crippen molar-refractivity contribution in [3.63, 3.8) is 0 Å². The van der Waals surface area contributed by atoms with Crippen LogP contribution in [-0.4, -0.2) is 40.0 Å². The second-order valence-electron chi connectivity index (χ2n) is 8.30. The van der Waals surface area contributed by atoms with Gasteiger partial charge in [-0.05, 0) is 28.8 Å². The van der Waals surface area contributed by atoms with Gasteiger partial charge in [0.2, 0.25) is 5.91 Å². The number of carboxylic acids is 1. The molecule has 7 nitrogen and oxygen atoms in total. The van der Waals surface area contributed by atoms with Gasteiger partial charge in [-0.3, -0.25) is 9.59 Å². The van der Waals surface area contributed by atoms with Gasteiger partial charge in [0.1, 0.15) is 11.8 Å². The first-order valence-electron chi connectivity index (χ1n) is 11.1. The molecule has 0 fully saturated rings. The van der Waals surface area contributed by atoms with Gasteiger partial charge in [-0.2, -0.15) is 12.6 Å². The summed E-state index contributed by atoms with van der Waals surface area (Å²) in [5, 5.41) is 20.9. The van der Waals surface area contributed by atoms with Gasteiger partial charge >= 0.3 is 5.97 Å². The Morgan fingerprint density at radius 2 is 1.40 bits per heavy atom. The molecule has 35 heavy (non-hydrogen) atoms. The van der Waals surface area contributed by atoms with E-state index in [-0.39, 0.29) is 24.4 Å². The number of hydrogen-bond acceptors (Lipinski definition) is 6. The third kappa shape index (κ3) is 7.18. The van der Waals surface area contributed by atoms with Gasteiger partial charge in [0.25, 0.3) is 0 Å². The van der Waals surface area contributed by atoms with Gasteiger partial charge in [0.15, 0.2) is 5.78 Å². The number of benzene rings is 3. The zero-order chi connectivity index (χ0) is 25.4. The van der Waals surface area contributed by atoms with Gasteiger partial charge in [0, 0.05) is 18.8 Å². The molecule has 0 saturated heterocycles. The molecule has 182 valence electrons. The molecule has 8 heteroatoms. The highest BCUT2D eigenvalue weighted by molar-refractivity contribution is 7.81. The van der Waals surface area contributed by atoms with Crippen molar-refractivity contribution < 1.29 is 24.6 Å². The monoisotopic (exact) mass is 492 g/mol. The lowest BCUT2D eigenvalue weighted by atomic mass is 9.85. The SMILES string of the molecule is NC(C(=O)N[C@@H](Cc1ccc(O)cc1)C(=O)O)C(CC(=O)C(S)c1ccccc1)c1ccccc1. The molecule has 0 saturated carbocycles. The summed E-state index contributed by atoms with van der Waals surface area (Å²) in [6.45, 7) is 0. The van der Waals surface area contributed by atoms with Crippen LogP contribution in [-0.2, 0) is 20.8 Å². The summed E-state index contributed by atoms with van der Waals surface area (Å²) in [6.07, 6.45) is -0.0346. The number of nitrogens with one attached hydrogen (secondary N) is 1. The number of carboxylic acid groups (broad SMARTS) is 1. The first kappa shape index (κ1) is 26.0. The van der Waals surface area contributed by atoms with Crippen molar-refractivity contribution in [1.29, 1.82) is 0 Å². The normalized spacial score (nSPS) is 14.3. The fraction of sp³-hybridized carbons (Fsp3) is 0.222. The molecule has 3 aromatic carbocycles. The Morgan fingerprint density at radius 3 is 1.94 bits per heavy atom. The molecule has 0 aliphatic rings. The van der Waals surface area contributed by atoms with E-state index in [9.17, 15) is 24.6 Å². The van der Waals surface area contributed by atoms with Crippen LogP contribution in [0.2, 0.25) is 0 Å². The van der Waals surface area contributed by atoms with Crippen LogP contribution in [0.3, 0.4) is 0 Å². The Morgan fingerprint density at radius 1 is 0.857 bits per heavy atom. The Kier molecular flexibility index (Phi) is 9.05. The van der Waals surface area contributed by atoms with E-state index in [2.05, 4.69) is 17.9 Å². The number of phenolic OH excluding ortho intramolecular Hbond substituents is 1. The van der Waals surface area contributed by atoms with Gasteiger partial charge in [-0.1, -0.05) is 72.8 Å². The number of ketones is 1. The zero-order valence-corrected chi connectivity index (χ0v) is 19.8. The van der Waals surface area contributed by atoms with E-state index in [4.69, 9.17) is 5.73 Å². The number of carbonyl (C=O) groups excluding carboxylic acids is 2. The first-order chi connectivity index (χ1) is 16.8. The van der Waals surface area contributed by atoms with E-state index in [1.165, 1.54) is 12.1 Å². The topological polar surface area (TPSA) is 130 Å². The highest BCUT2D eigenvalue weighted by atomic mass is 32.1. The summed E-state index contributed by atoms with van der Waals surface area (Å²) in [5.41, 5.74) is 8.39. The predicted octanol–water partition coefficient (Wildman–Crippen LogP) is 3.25. The third-order valence-electron chi connectivity index (χ3n) is 5.80. The molecule has 0 aliphatic carbocycles. The average Bonchev–Trinajstić information content (AvgIpc) is 2.88. The van der Waals surface area contributed by atoms with Crippen molar-refractivity contribution in [3.8, 4) is 5.75 Å². The van der Waals surface area contributed by atoms with Gasteiger partial charge in [0.05, 0.1) is 11.3 Å². The minimum Gasteiger partial charge on any atom is -0.508 e. The van der Waals surface area contributed by atoms with Gasteiger partial charge in [-0.25, -0.2) is 4.79 Å². The van der Waals surface area contributed by atoms with Crippen molar-refractivity contribution >= 4 is 30.3 Å². The molecule has 0 spiro atoms. The predicted molar refractivity (Wildman–Crippen MR) is 136 cm³/mol. The minimum atomic E-state index is -1.23. The number of hydrogen-bond donors (Lipinski definition) is 5. The van der Waals surface area contributed by atoms with E-state index in [1.54, 1.807) is 48.5 Å². The molecule has 4 atom stereocenters. The lowest BCUT2D eigenvalue weighted by Gasteiger charge is -2.26. The largest absolute Gasteiger partial charge is 0.508 e. The van der Waals surface area contributed by atoms with Crippen LogP contribution in [0.25, 0.3) is 0 Å². The molecule has 5 N–H and O–H groups in total. The number of amides is 1. The second-order valence-corrected chi connectivity index (χ2v) is 8.81. The molecule has 0 aliphatic heterocycles. The standard InChI is InChI=1S/C27H28N2O5S/c28-24(26(32)29-22(27(33)34)15-17-11-13-20(30)14-12-17)21(18-7-3-1-4-8-18)16-23(31)25(35)19-9-5-2-6-10-19/h1-14,21-22,24-25,30,35H,15-16,28H2,(H,29,32)(H,33,34)/t21?,22-,24?,25?/m0/s1. The Labute approximate surface area is 209 Å². The van der Waals surface area contributed by atoms with E-state index < -0.39 is 35.1 Å². The van der Waals surface area contributed by atoms with Crippen LogP contribution >= 0.6 is 12.6 Å². The molecule has 1 amide bonds. The quantitative estimate of drug-likeness (QED) is 0.261. The van der Waals surface area contributed by atoms with Crippen molar-refractivity contribution in [2.75, 3.05) is 0 Å². The maximum absolute atomic E-state index is 13.1. The smallest absolute Gasteiger partial charge is 0.326 e. The van der Waals surface area contributed by atoms with Crippen LogP contribution in [0.5, 0.6) is 5.75 Å². The van der Waals surface area contributed by atoms with Gasteiger partial charge in [-0.15, -0.1) is 0 Å². The molecule has 3 aromatic rings. The Balaban J connectivity index is 1.77. The van der Waals surface area contributed by atoms with Crippen LogP contribution in [0.4, 0.5) is 0 Å². The minimum absolute atomic E-state index is 0.00965. The Bertz CT molecular complexity index is 1140. The molecular formula is C27H28N2O5S. The molecule has 3 rings (SSSR count). The lowest BCUT2D eigenvalue weighted by Crippen LogP contribution is -2.51. The third-order valence-corrected chi connectivity index (χ3v) is 6.38. The van der Waals surface area contributed by atoms with Crippen molar-refractivity contribution in [1.82, 2.24) is 5.32 Å². The van der Waals surface area contributed by atoms with E-state index in [0.29, 0.717) is 11.1 Å². The Hall–Kier alpha value is -3.62. The number of rotatable bonds is 11. The number of aliphatic carboxylic acids is 1. The maximum atomic E-state index is 13.1. The summed E-state index contributed by atoms with van der Waals surface area (Å²) in [7, 11) is 0. The number of aromatic hydroxyl groups is 1. The number of thiol groups is 1. The number of phenols is 1. The van der Waals surface area contributed by atoms with Crippen LogP contribution in [0.15, 0.2) is 84.9 Å². The average molecular weight is 493 g/mol. The van der Waals surface area contributed by atoms with Crippen LogP contribution in [0, 0.1) is 0 Å². The van der Waals surface area contributed by atoms with E-state index >= 15 is 0 Å². The highest BCUT2D eigenvalue weighted by Gasteiger charge is 2.32. The van der Waals surface area contributed by atoms with Gasteiger partial charge < -0.3 is 21.3 Å². The molecule has 3 unspecified atom stereocenters. The molecule has 0 heterocycles. The van der Waals surface area contributed by atoms with E-state index in [0.717, 1.165) is 5.56 Å². The second kappa shape index (κ2) is 12.2. The highest BCUT2D eigenvalue weighted by Crippen LogP contribution is 2.29. The lowest BCUT2D eigenvalue weighted by molar-refractivity contribution is -0.142. The van der Waals surface area contributed by atoms with Crippen molar-refractivity contribution in [2.24, 2.45) is 5.73 Å². The molecule has 0 radical (unpaired) electrons. The van der Waals surface area contributed by atoms with Crippen LogP contribution < -0.4 is 11.1 Å². The number of carbonyl (C=O) groups is 3.